The van der Waals surface area contributed by atoms with E-state index in [4.69, 9.17) is 4.74 Å². The van der Waals surface area contributed by atoms with Crippen LogP contribution in [0.5, 0.6) is 0 Å². The van der Waals surface area contributed by atoms with Gasteiger partial charge < -0.3 is 10.1 Å². The Balaban J connectivity index is 1.79. The lowest BCUT2D eigenvalue weighted by Gasteiger charge is -2.07. The molecule has 0 spiro atoms. The summed E-state index contributed by atoms with van der Waals surface area (Å²) in [5.41, 5.74) is 2.20. The number of hydrogen-bond acceptors (Lipinski definition) is 3. The highest BCUT2D eigenvalue weighted by atomic mass is 19.1. The second-order valence-corrected chi connectivity index (χ2v) is 4.89. The van der Waals surface area contributed by atoms with Crippen LogP contribution in [0.3, 0.4) is 0 Å². The van der Waals surface area contributed by atoms with Crippen LogP contribution in [0.4, 0.5) is 10.1 Å². The fraction of sp³-hybridized carbons (Fsp3) is 0.176. The lowest BCUT2D eigenvalue weighted by Crippen LogP contribution is -2.21. The second-order valence-electron chi connectivity index (χ2n) is 4.89. The molecule has 4 nitrogen and oxygen atoms in total. The van der Waals surface area contributed by atoms with Crippen LogP contribution in [0.15, 0.2) is 48.5 Å². The van der Waals surface area contributed by atoms with Gasteiger partial charge in [-0.25, -0.2) is 4.39 Å². The summed E-state index contributed by atoms with van der Waals surface area (Å²) in [4.78, 5) is 23.3. The van der Waals surface area contributed by atoms with E-state index in [1.54, 1.807) is 6.07 Å². The summed E-state index contributed by atoms with van der Waals surface area (Å²) in [6.07, 6.45) is 0.106. The molecule has 2 aromatic carbocycles. The SMILES string of the molecule is Cc1cccc(CC(=O)OCC(=O)Nc2cccc(F)c2)c1. The number of carbonyl (C=O) groups is 2. The average Bonchev–Trinajstić information content (AvgIpc) is 2.45. The predicted octanol–water partition coefficient (Wildman–Crippen LogP) is 2.86. The number of halogens is 1. The third-order valence-corrected chi connectivity index (χ3v) is 2.90. The molecule has 114 valence electrons. The van der Waals surface area contributed by atoms with Gasteiger partial charge in [-0.2, -0.15) is 0 Å². The second kappa shape index (κ2) is 7.36. The van der Waals surface area contributed by atoms with Crippen molar-refractivity contribution in [2.75, 3.05) is 11.9 Å². The van der Waals surface area contributed by atoms with E-state index in [1.807, 2.05) is 31.2 Å². The Morgan fingerprint density at radius 2 is 1.91 bits per heavy atom. The van der Waals surface area contributed by atoms with Gasteiger partial charge in [0.25, 0.3) is 5.91 Å². The highest BCUT2D eigenvalue weighted by Crippen LogP contribution is 2.09. The van der Waals surface area contributed by atoms with Crippen molar-refractivity contribution < 1.29 is 18.7 Å². The van der Waals surface area contributed by atoms with Crippen LogP contribution in [-0.4, -0.2) is 18.5 Å². The Labute approximate surface area is 127 Å². The smallest absolute Gasteiger partial charge is 0.310 e. The predicted molar refractivity (Wildman–Crippen MR) is 80.9 cm³/mol. The van der Waals surface area contributed by atoms with Crippen LogP contribution < -0.4 is 5.32 Å². The van der Waals surface area contributed by atoms with E-state index in [1.165, 1.54) is 18.2 Å². The van der Waals surface area contributed by atoms with E-state index >= 15 is 0 Å². The number of rotatable bonds is 5. The molecule has 0 radical (unpaired) electrons. The van der Waals surface area contributed by atoms with Crippen molar-refractivity contribution in [3.63, 3.8) is 0 Å². The summed E-state index contributed by atoms with van der Waals surface area (Å²) in [5.74, 6) is -1.45. The molecule has 1 N–H and O–H groups in total. The Morgan fingerprint density at radius 3 is 2.64 bits per heavy atom. The van der Waals surface area contributed by atoms with Gasteiger partial charge in [-0.05, 0) is 30.7 Å². The van der Waals surface area contributed by atoms with Crippen molar-refractivity contribution in [1.29, 1.82) is 0 Å². The molecule has 22 heavy (non-hydrogen) atoms. The number of benzene rings is 2. The van der Waals surface area contributed by atoms with Crippen LogP contribution in [0, 0.1) is 12.7 Å². The molecule has 1 amide bonds. The summed E-state index contributed by atoms with van der Waals surface area (Å²) in [6.45, 7) is 1.53. The minimum absolute atomic E-state index is 0.106. The van der Waals surface area contributed by atoms with E-state index in [-0.39, 0.29) is 6.42 Å². The van der Waals surface area contributed by atoms with Gasteiger partial charge in [-0.3, -0.25) is 9.59 Å². The third kappa shape index (κ3) is 5.01. The van der Waals surface area contributed by atoms with Crippen LogP contribution in [-0.2, 0) is 20.7 Å². The number of carbonyl (C=O) groups excluding carboxylic acids is 2. The van der Waals surface area contributed by atoms with Gasteiger partial charge in [0, 0.05) is 5.69 Å². The van der Waals surface area contributed by atoms with Crippen molar-refractivity contribution in [3.05, 3.63) is 65.5 Å². The Bertz CT molecular complexity index is 626. The molecule has 0 unspecified atom stereocenters. The maximum absolute atomic E-state index is 13.0. The first-order chi connectivity index (χ1) is 10.5. The number of nitrogens with one attached hydrogen (secondary N) is 1. The highest BCUT2D eigenvalue weighted by Gasteiger charge is 2.09. The Morgan fingerprint density at radius 1 is 1.14 bits per heavy atom. The molecular weight excluding hydrogens is 285 g/mol. The van der Waals surface area contributed by atoms with Gasteiger partial charge in [-0.1, -0.05) is 35.9 Å². The lowest BCUT2D eigenvalue weighted by molar-refractivity contribution is -0.146. The van der Waals surface area contributed by atoms with Crippen molar-refractivity contribution in [1.82, 2.24) is 0 Å². The minimum atomic E-state index is -0.511. The first-order valence-electron chi connectivity index (χ1n) is 6.79. The minimum Gasteiger partial charge on any atom is -0.455 e. The lowest BCUT2D eigenvalue weighted by atomic mass is 10.1. The van der Waals surface area contributed by atoms with E-state index in [9.17, 15) is 14.0 Å². The molecule has 0 bridgehead atoms. The monoisotopic (exact) mass is 301 g/mol. The molecule has 0 aliphatic rings. The molecule has 0 saturated heterocycles. The van der Waals surface area contributed by atoms with Crippen molar-refractivity contribution in [2.45, 2.75) is 13.3 Å². The van der Waals surface area contributed by atoms with Gasteiger partial charge in [-0.15, -0.1) is 0 Å². The summed E-state index contributed by atoms with van der Waals surface area (Å²) in [7, 11) is 0. The van der Waals surface area contributed by atoms with Crippen molar-refractivity contribution >= 4 is 17.6 Å². The van der Waals surface area contributed by atoms with E-state index in [0.29, 0.717) is 5.69 Å². The standard InChI is InChI=1S/C17H16FNO3/c1-12-4-2-5-13(8-12)9-17(21)22-11-16(20)19-15-7-3-6-14(18)10-15/h2-8,10H,9,11H2,1H3,(H,19,20). The number of aryl methyl sites for hydroxylation is 1. The molecular formula is C17H16FNO3. The van der Waals surface area contributed by atoms with Crippen LogP contribution in [0.25, 0.3) is 0 Å². The van der Waals surface area contributed by atoms with Gasteiger partial charge in [0.05, 0.1) is 6.42 Å². The largest absolute Gasteiger partial charge is 0.455 e. The fourth-order valence-electron chi connectivity index (χ4n) is 1.95. The average molecular weight is 301 g/mol. The molecule has 0 heterocycles. The Hall–Kier alpha value is -2.69. The number of hydrogen-bond donors (Lipinski definition) is 1. The molecule has 0 fully saturated rings. The third-order valence-electron chi connectivity index (χ3n) is 2.90. The fourth-order valence-corrected chi connectivity index (χ4v) is 1.95. The summed E-state index contributed by atoms with van der Waals surface area (Å²) in [5, 5.41) is 2.45. The molecule has 2 rings (SSSR count). The quantitative estimate of drug-likeness (QED) is 0.864. The summed E-state index contributed by atoms with van der Waals surface area (Å²) in [6, 6.07) is 13.0. The van der Waals surface area contributed by atoms with E-state index in [2.05, 4.69) is 5.32 Å². The van der Waals surface area contributed by atoms with Gasteiger partial charge in [0.2, 0.25) is 0 Å². The first-order valence-corrected chi connectivity index (χ1v) is 6.79. The van der Waals surface area contributed by atoms with Crippen LogP contribution >= 0.6 is 0 Å². The normalized spacial score (nSPS) is 10.1. The molecule has 2 aromatic rings. The van der Waals surface area contributed by atoms with Gasteiger partial charge in [0.1, 0.15) is 5.82 Å². The molecule has 0 aliphatic heterocycles. The number of ether oxygens (including phenoxy) is 1. The van der Waals surface area contributed by atoms with Gasteiger partial charge >= 0.3 is 5.97 Å². The first kappa shape index (κ1) is 15.7. The zero-order valence-corrected chi connectivity index (χ0v) is 12.1. The molecule has 0 aliphatic carbocycles. The van der Waals surface area contributed by atoms with Crippen LogP contribution in [0.2, 0.25) is 0 Å². The molecule has 0 saturated carbocycles. The number of esters is 1. The van der Waals surface area contributed by atoms with Gasteiger partial charge in [0.15, 0.2) is 6.61 Å². The number of amides is 1. The van der Waals surface area contributed by atoms with E-state index in [0.717, 1.165) is 11.1 Å². The zero-order valence-electron chi connectivity index (χ0n) is 12.1. The molecule has 0 atom stereocenters. The van der Waals surface area contributed by atoms with Crippen molar-refractivity contribution in [2.24, 2.45) is 0 Å². The maximum atomic E-state index is 13.0. The van der Waals surface area contributed by atoms with Crippen molar-refractivity contribution in [3.8, 4) is 0 Å². The maximum Gasteiger partial charge on any atom is 0.310 e. The summed E-state index contributed by atoms with van der Waals surface area (Å²) < 4.78 is 17.9. The van der Waals surface area contributed by atoms with E-state index < -0.39 is 24.3 Å². The topological polar surface area (TPSA) is 55.4 Å². The number of anilines is 1. The molecule has 0 aromatic heterocycles. The zero-order chi connectivity index (χ0) is 15.9. The molecule has 5 heteroatoms. The Kier molecular flexibility index (Phi) is 5.25. The highest BCUT2D eigenvalue weighted by molar-refractivity contribution is 5.92. The van der Waals surface area contributed by atoms with Crippen LogP contribution in [0.1, 0.15) is 11.1 Å². The summed E-state index contributed by atoms with van der Waals surface area (Å²) >= 11 is 0.